The number of carbonyl (C=O) groups is 3. The molecule has 0 heterocycles. The molecule has 9 nitrogen and oxygen atoms in total. The van der Waals surface area contributed by atoms with Crippen molar-refractivity contribution in [3.63, 3.8) is 0 Å². The first-order valence-corrected chi connectivity index (χ1v) is 16.1. The van der Waals surface area contributed by atoms with E-state index < -0.39 is 29.7 Å². The summed E-state index contributed by atoms with van der Waals surface area (Å²) in [6, 6.07) is 9.50. The van der Waals surface area contributed by atoms with Crippen LogP contribution in [0.1, 0.15) is 108 Å². The summed E-state index contributed by atoms with van der Waals surface area (Å²) in [5, 5.41) is 26.1. The minimum Gasteiger partial charge on any atom is -0.508 e. The number of benzene rings is 2. The normalized spacial score (nSPS) is 15.2. The third-order valence-electron chi connectivity index (χ3n) is 7.95. The molecule has 2 aromatic rings. The molecule has 9 heteroatoms. The quantitative estimate of drug-likeness (QED) is 0.194. The zero-order valence-electron chi connectivity index (χ0n) is 27.0. The monoisotopic (exact) mass is 609 g/mol. The van der Waals surface area contributed by atoms with Gasteiger partial charge in [-0.15, -0.1) is 0 Å². The van der Waals surface area contributed by atoms with Crippen molar-refractivity contribution in [1.29, 1.82) is 0 Å². The molecular formula is C35H51N3O6. The second-order valence-electron chi connectivity index (χ2n) is 13.0. The first-order valence-electron chi connectivity index (χ1n) is 16.1. The van der Waals surface area contributed by atoms with E-state index in [4.69, 9.17) is 4.74 Å². The number of unbranched alkanes of at least 4 members (excludes halogenated alkanes) is 3. The highest BCUT2D eigenvalue weighted by Crippen LogP contribution is 2.29. The van der Waals surface area contributed by atoms with E-state index >= 15 is 0 Å². The molecule has 2 atom stereocenters. The number of phenols is 2. The maximum Gasteiger partial charge on any atom is 0.408 e. The van der Waals surface area contributed by atoms with Crippen LogP contribution in [0.15, 0.2) is 42.5 Å². The van der Waals surface area contributed by atoms with Gasteiger partial charge < -0.3 is 30.5 Å². The average Bonchev–Trinajstić information content (AvgIpc) is 2.96. The summed E-state index contributed by atoms with van der Waals surface area (Å²) in [5.74, 6) is -0.476. The van der Waals surface area contributed by atoms with Gasteiger partial charge in [-0.3, -0.25) is 9.59 Å². The fraction of sp³-hybridized carbons (Fsp3) is 0.571. The Morgan fingerprint density at radius 3 is 2.27 bits per heavy atom. The number of hydrogen-bond acceptors (Lipinski definition) is 6. The van der Waals surface area contributed by atoms with Gasteiger partial charge in [0.2, 0.25) is 11.8 Å². The van der Waals surface area contributed by atoms with Gasteiger partial charge in [-0.25, -0.2) is 4.79 Å². The van der Waals surface area contributed by atoms with E-state index in [0.29, 0.717) is 24.1 Å². The topological polar surface area (TPSA) is 128 Å². The molecule has 3 amide bonds. The lowest BCUT2D eigenvalue weighted by Gasteiger charge is -2.36. The standard InChI is InChI=1S/C35H51N3O6/c1-6-7-8-12-21-38(31(26-17-20-30(40)24(2)22-26)32(41)36-27-13-10-9-11-14-27)33(42)29(37-34(43)44-35(3,4)5)23-25-15-18-28(39)19-16-25/h15-20,22,27,29,31,39-40H,6-14,21,23H2,1-5H3,(H,36,41)(H,37,43). The van der Waals surface area contributed by atoms with Gasteiger partial charge in [0.1, 0.15) is 29.2 Å². The van der Waals surface area contributed by atoms with E-state index in [9.17, 15) is 24.6 Å². The number of alkyl carbamates (subject to hydrolysis) is 1. The second-order valence-corrected chi connectivity index (χ2v) is 13.0. The summed E-state index contributed by atoms with van der Waals surface area (Å²) in [6.07, 6.45) is 7.99. The Kier molecular flexibility index (Phi) is 12.9. The molecule has 0 aromatic heterocycles. The summed E-state index contributed by atoms with van der Waals surface area (Å²) in [6.45, 7) is 9.44. The lowest BCUT2D eigenvalue weighted by atomic mass is 9.94. The number of ether oxygens (including phenoxy) is 1. The van der Waals surface area contributed by atoms with Crippen molar-refractivity contribution in [3.05, 3.63) is 59.2 Å². The van der Waals surface area contributed by atoms with Crippen molar-refractivity contribution in [3.8, 4) is 11.5 Å². The van der Waals surface area contributed by atoms with Crippen LogP contribution < -0.4 is 10.6 Å². The van der Waals surface area contributed by atoms with E-state index in [0.717, 1.165) is 56.9 Å². The molecule has 1 aliphatic carbocycles. The molecule has 1 fully saturated rings. The molecule has 0 radical (unpaired) electrons. The Morgan fingerprint density at radius 2 is 1.66 bits per heavy atom. The molecule has 2 aromatic carbocycles. The minimum atomic E-state index is -1.04. The molecule has 0 spiro atoms. The molecule has 2 unspecified atom stereocenters. The van der Waals surface area contributed by atoms with Crippen LogP contribution >= 0.6 is 0 Å². The summed E-state index contributed by atoms with van der Waals surface area (Å²) in [4.78, 5) is 43.4. The van der Waals surface area contributed by atoms with Crippen molar-refractivity contribution < 1.29 is 29.3 Å². The molecule has 3 rings (SSSR count). The highest BCUT2D eigenvalue weighted by molar-refractivity contribution is 5.92. The smallest absolute Gasteiger partial charge is 0.408 e. The highest BCUT2D eigenvalue weighted by atomic mass is 16.6. The summed E-state index contributed by atoms with van der Waals surface area (Å²) < 4.78 is 5.52. The third kappa shape index (κ3) is 10.8. The number of nitrogens with one attached hydrogen (secondary N) is 2. The van der Waals surface area contributed by atoms with Crippen LogP contribution in [0.25, 0.3) is 0 Å². The van der Waals surface area contributed by atoms with Crippen molar-refractivity contribution in [1.82, 2.24) is 15.5 Å². The van der Waals surface area contributed by atoms with E-state index in [1.54, 1.807) is 62.9 Å². The zero-order valence-corrected chi connectivity index (χ0v) is 27.0. The van der Waals surface area contributed by atoms with Gasteiger partial charge in [0.25, 0.3) is 0 Å². The largest absolute Gasteiger partial charge is 0.508 e. The third-order valence-corrected chi connectivity index (χ3v) is 7.95. The van der Waals surface area contributed by atoms with Crippen molar-refractivity contribution >= 4 is 17.9 Å². The Balaban J connectivity index is 2.05. The van der Waals surface area contributed by atoms with Crippen LogP contribution in [0.3, 0.4) is 0 Å². The average molecular weight is 610 g/mol. The first-order chi connectivity index (χ1) is 20.9. The molecule has 4 N–H and O–H groups in total. The van der Waals surface area contributed by atoms with Crippen LogP contribution in [0.2, 0.25) is 0 Å². The van der Waals surface area contributed by atoms with E-state index in [2.05, 4.69) is 17.6 Å². The van der Waals surface area contributed by atoms with Crippen LogP contribution in [-0.4, -0.2) is 57.3 Å². The Hall–Kier alpha value is -3.75. The van der Waals surface area contributed by atoms with Crippen molar-refractivity contribution in [2.75, 3.05) is 6.54 Å². The zero-order chi connectivity index (χ0) is 32.3. The first kappa shape index (κ1) is 34.7. The van der Waals surface area contributed by atoms with E-state index in [1.807, 2.05) is 0 Å². The molecule has 1 saturated carbocycles. The molecule has 44 heavy (non-hydrogen) atoms. The van der Waals surface area contributed by atoms with Crippen LogP contribution in [0.4, 0.5) is 4.79 Å². The summed E-state index contributed by atoms with van der Waals surface area (Å²) in [7, 11) is 0. The maximum atomic E-state index is 14.6. The van der Waals surface area contributed by atoms with Gasteiger partial charge in [0.05, 0.1) is 0 Å². The van der Waals surface area contributed by atoms with Gasteiger partial charge in [0.15, 0.2) is 0 Å². The maximum absolute atomic E-state index is 14.6. The number of amides is 3. The van der Waals surface area contributed by atoms with Crippen molar-refractivity contribution in [2.45, 2.75) is 123 Å². The highest BCUT2D eigenvalue weighted by Gasteiger charge is 2.37. The Bertz CT molecular complexity index is 1230. The Morgan fingerprint density at radius 1 is 0.977 bits per heavy atom. The number of aryl methyl sites for hydroxylation is 1. The predicted octanol–water partition coefficient (Wildman–Crippen LogP) is 6.44. The van der Waals surface area contributed by atoms with Gasteiger partial charge >= 0.3 is 6.09 Å². The number of rotatable bonds is 13. The van der Waals surface area contributed by atoms with Gasteiger partial charge in [0, 0.05) is 19.0 Å². The minimum absolute atomic E-state index is 0.0293. The summed E-state index contributed by atoms with van der Waals surface area (Å²) >= 11 is 0. The molecule has 242 valence electrons. The molecule has 0 bridgehead atoms. The van der Waals surface area contributed by atoms with Crippen LogP contribution in [-0.2, 0) is 20.7 Å². The second kappa shape index (κ2) is 16.4. The number of carbonyl (C=O) groups excluding carboxylic acids is 3. The molecule has 0 aliphatic heterocycles. The Labute approximate surface area is 262 Å². The molecule has 0 saturated heterocycles. The predicted molar refractivity (Wildman–Crippen MR) is 171 cm³/mol. The van der Waals surface area contributed by atoms with E-state index in [-0.39, 0.29) is 29.9 Å². The SMILES string of the molecule is CCCCCCN(C(=O)C(Cc1ccc(O)cc1)NC(=O)OC(C)(C)C)C(C(=O)NC1CCCCC1)c1ccc(O)c(C)c1. The number of phenolic OH excluding ortho intramolecular Hbond substituents is 2. The molecule has 1 aliphatic rings. The van der Waals surface area contributed by atoms with Gasteiger partial charge in [-0.05, 0) is 87.9 Å². The number of hydrogen-bond donors (Lipinski definition) is 4. The lowest BCUT2D eigenvalue weighted by Crippen LogP contribution is -2.54. The number of nitrogens with zero attached hydrogens (tertiary/aromatic N) is 1. The summed E-state index contributed by atoms with van der Waals surface area (Å²) in [5.41, 5.74) is 1.15. The van der Waals surface area contributed by atoms with Gasteiger partial charge in [-0.1, -0.05) is 63.6 Å². The van der Waals surface area contributed by atoms with E-state index in [1.165, 1.54) is 12.1 Å². The van der Waals surface area contributed by atoms with Gasteiger partial charge in [-0.2, -0.15) is 0 Å². The lowest BCUT2D eigenvalue weighted by molar-refractivity contribution is -0.143. The van der Waals surface area contributed by atoms with Crippen LogP contribution in [0, 0.1) is 6.92 Å². The number of aromatic hydroxyl groups is 2. The fourth-order valence-electron chi connectivity index (χ4n) is 5.64. The fourth-order valence-corrected chi connectivity index (χ4v) is 5.64. The van der Waals surface area contributed by atoms with Crippen LogP contribution in [0.5, 0.6) is 11.5 Å². The van der Waals surface area contributed by atoms with Crippen molar-refractivity contribution in [2.24, 2.45) is 0 Å². The molecular weight excluding hydrogens is 558 g/mol.